The van der Waals surface area contributed by atoms with E-state index in [2.05, 4.69) is 31.4 Å². The molecule has 3 heterocycles. The highest BCUT2D eigenvalue weighted by Gasteiger charge is 2.39. The van der Waals surface area contributed by atoms with Crippen LogP contribution in [0.3, 0.4) is 0 Å². The lowest BCUT2D eigenvalue weighted by atomic mass is 9.79. The maximum atomic E-state index is 12.7. The molecule has 1 saturated heterocycles. The zero-order valence-electron chi connectivity index (χ0n) is 20.1. The Morgan fingerprint density at radius 1 is 1.17 bits per heavy atom. The van der Waals surface area contributed by atoms with Crippen LogP contribution >= 0.6 is 11.3 Å². The summed E-state index contributed by atoms with van der Waals surface area (Å²) < 4.78 is 6.78. The summed E-state index contributed by atoms with van der Waals surface area (Å²) in [5.74, 6) is 0.658. The predicted octanol–water partition coefficient (Wildman–Crippen LogP) is 3.93. The Balaban J connectivity index is 1.05. The Morgan fingerprint density at radius 2 is 2.03 bits per heavy atom. The minimum atomic E-state index is -0.384. The predicted molar refractivity (Wildman–Crippen MR) is 136 cm³/mol. The van der Waals surface area contributed by atoms with E-state index < -0.39 is 0 Å². The summed E-state index contributed by atoms with van der Waals surface area (Å²) in [4.78, 5) is 31.9. The molecule has 3 fully saturated rings. The van der Waals surface area contributed by atoms with E-state index in [0.717, 1.165) is 79.4 Å². The van der Waals surface area contributed by atoms with Crippen LogP contribution in [0.5, 0.6) is 0 Å². The first kappa shape index (κ1) is 23.9. The number of amides is 1. The number of aromatic nitrogens is 3. The zero-order chi connectivity index (χ0) is 24.5. The molecule has 1 amide bonds. The second-order valence-corrected chi connectivity index (χ2v) is 11.0. The van der Waals surface area contributed by atoms with E-state index in [0.29, 0.717) is 23.6 Å². The largest absolute Gasteiger partial charge is 0.390 e. The average molecular weight is 510 g/mol. The Morgan fingerprint density at radius 3 is 2.78 bits per heavy atom. The molecule has 2 saturated carbocycles. The van der Waals surface area contributed by atoms with Gasteiger partial charge in [-0.3, -0.25) is 9.63 Å². The van der Waals surface area contributed by atoms with E-state index >= 15 is 0 Å². The van der Waals surface area contributed by atoms with Crippen LogP contribution in [0.15, 0.2) is 30.6 Å². The van der Waals surface area contributed by atoms with Crippen LogP contribution in [0.2, 0.25) is 0 Å². The van der Waals surface area contributed by atoms with Crippen molar-refractivity contribution in [1.29, 1.82) is 0 Å². The van der Waals surface area contributed by atoms with Crippen molar-refractivity contribution in [3.63, 3.8) is 0 Å². The molecule has 0 radical (unpaired) electrons. The van der Waals surface area contributed by atoms with Crippen LogP contribution in [-0.4, -0.2) is 62.4 Å². The molecule has 2 atom stereocenters. The third kappa shape index (κ3) is 5.14. The van der Waals surface area contributed by atoms with Crippen molar-refractivity contribution in [2.45, 2.75) is 69.8 Å². The van der Waals surface area contributed by atoms with Crippen LogP contribution in [0, 0.1) is 5.92 Å². The van der Waals surface area contributed by atoms with Gasteiger partial charge in [-0.1, -0.05) is 17.4 Å². The number of benzene rings is 1. The molecule has 0 unspecified atom stereocenters. The van der Waals surface area contributed by atoms with Crippen LogP contribution in [0.1, 0.15) is 50.8 Å². The fourth-order valence-corrected chi connectivity index (χ4v) is 6.08. The fraction of sp³-hybridized carbons (Fsp3) is 0.538. The van der Waals surface area contributed by atoms with Crippen LogP contribution < -0.4 is 5.32 Å². The van der Waals surface area contributed by atoms with Crippen LogP contribution in [0.4, 0.5) is 5.13 Å². The molecule has 10 heteroatoms. The molecule has 36 heavy (non-hydrogen) atoms. The molecule has 3 aromatic rings. The number of hydrogen-bond acceptors (Lipinski definition) is 9. The second-order valence-electron chi connectivity index (χ2n) is 9.93. The number of nitrogens with zero attached hydrogens (tertiary/aromatic N) is 4. The summed E-state index contributed by atoms with van der Waals surface area (Å²) in [5, 5.41) is 15.6. The first-order valence-corrected chi connectivity index (χ1v) is 13.7. The first-order valence-electron chi connectivity index (χ1n) is 12.8. The molecule has 2 N–H and O–H groups in total. The van der Waals surface area contributed by atoms with Gasteiger partial charge in [-0.05, 0) is 62.6 Å². The fourth-order valence-electron chi connectivity index (χ4n) is 5.17. The highest BCUT2D eigenvalue weighted by Crippen LogP contribution is 2.35. The van der Waals surface area contributed by atoms with Gasteiger partial charge in [-0.25, -0.2) is 15.0 Å². The average Bonchev–Trinajstić information content (AvgIpc) is 3.47. The van der Waals surface area contributed by atoms with E-state index in [4.69, 9.17) is 9.57 Å². The normalized spacial score (nSPS) is 26.7. The lowest BCUT2D eigenvalue weighted by Crippen LogP contribution is -2.49. The topological polar surface area (TPSA) is 110 Å². The number of hydroxylamine groups is 2. The Labute approximate surface area is 213 Å². The maximum Gasteiger partial charge on any atom is 0.229 e. The number of aliphatic hydroxyl groups excluding tert-OH is 1. The molecule has 0 spiro atoms. The lowest BCUT2D eigenvalue weighted by Gasteiger charge is -2.42. The Hall–Kier alpha value is -2.50. The van der Waals surface area contributed by atoms with Gasteiger partial charge >= 0.3 is 0 Å². The van der Waals surface area contributed by atoms with Gasteiger partial charge in [0.25, 0.3) is 0 Å². The Bertz CT molecular complexity index is 1210. The van der Waals surface area contributed by atoms with Crippen molar-refractivity contribution in [3.05, 3.63) is 36.4 Å². The van der Waals surface area contributed by atoms with Crippen molar-refractivity contribution in [2.24, 2.45) is 5.92 Å². The number of anilines is 1. The van der Waals surface area contributed by atoms with Crippen molar-refractivity contribution >= 4 is 32.6 Å². The van der Waals surface area contributed by atoms with Crippen molar-refractivity contribution in [1.82, 2.24) is 20.0 Å². The third-order valence-corrected chi connectivity index (χ3v) is 8.36. The number of ether oxygens (including phenoxy) is 1. The Kier molecular flexibility index (Phi) is 6.94. The molecule has 1 aliphatic heterocycles. The van der Waals surface area contributed by atoms with Crippen molar-refractivity contribution in [2.75, 3.05) is 18.5 Å². The van der Waals surface area contributed by atoms with Gasteiger partial charge in [0.2, 0.25) is 5.91 Å². The quantitative estimate of drug-likeness (QED) is 0.493. The van der Waals surface area contributed by atoms with Crippen molar-refractivity contribution < 1.29 is 19.5 Å². The van der Waals surface area contributed by atoms with Gasteiger partial charge in [0.05, 0.1) is 29.0 Å². The number of hydrogen-bond donors (Lipinski definition) is 2. The van der Waals surface area contributed by atoms with E-state index in [1.807, 2.05) is 12.1 Å². The summed E-state index contributed by atoms with van der Waals surface area (Å²) in [6.07, 6.45) is 9.70. The minimum absolute atomic E-state index is 0.0136. The van der Waals surface area contributed by atoms with Gasteiger partial charge in [0.1, 0.15) is 6.61 Å². The summed E-state index contributed by atoms with van der Waals surface area (Å²) in [6.45, 7) is 2.05. The van der Waals surface area contributed by atoms with Gasteiger partial charge < -0.3 is 15.2 Å². The molecule has 190 valence electrons. The molecular formula is C26H31N5O4S. The van der Waals surface area contributed by atoms with E-state index in [9.17, 15) is 9.90 Å². The highest BCUT2D eigenvalue weighted by atomic mass is 32.1. The third-order valence-electron chi connectivity index (χ3n) is 7.42. The monoisotopic (exact) mass is 509 g/mol. The van der Waals surface area contributed by atoms with E-state index in [1.54, 1.807) is 12.4 Å². The van der Waals surface area contributed by atoms with Gasteiger partial charge in [0.15, 0.2) is 11.0 Å². The first-order chi connectivity index (χ1) is 17.6. The summed E-state index contributed by atoms with van der Waals surface area (Å²) in [5.41, 5.74) is 2.75. The molecule has 1 aromatic carbocycles. The molecule has 2 aromatic heterocycles. The van der Waals surface area contributed by atoms with Crippen LogP contribution in [0.25, 0.3) is 21.3 Å². The van der Waals surface area contributed by atoms with Gasteiger partial charge in [0, 0.05) is 36.5 Å². The number of aliphatic hydroxyl groups is 1. The smallest absolute Gasteiger partial charge is 0.229 e. The standard InChI is InChI=1S/C26H31N5O4S/c32-21-4-3-5-22(21)34-15-24-27-13-18(14-28-24)16-6-7-20-23(12-16)36-26(29-20)30-25(33)17-10-19(11-17)31-8-1-2-9-35-31/h6-7,12-14,17,19,21-22,32H,1-5,8-11,15H2,(H,29,30,33)/t17?,19?,21-,22-/m0/s1. The number of thiazole rings is 1. The zero-order valence-corrected chi connectivity index (χ0v) is 21.0. The SMILES string of the molecule is O=C(Nc1nc2ccc(-c3cnc(CO[C@H]4CCC[C@@H]4O)nc3)cc2s1)C1CC(N2CCCCO2)C1. The van der Waals surface area contributed by atoms with Crippen LogP contribution in [-0.2, 0) is 21.0 Å². The number of carbonyl (C=O) groups is 1. The number of carbonyl (C=O) groups excluding carboxylic acids is 1. The van der Waals surface area contributed by atoms with Gasteiger partial charge in [-0.2, -0.15) is 5.06 Å². The molecule has 9 nitrogen and oxygen atoms in total. The lowest BCUT2D eigenvalue weighted by molar-refractivity contribution is -0.225. The number of fused-ring (bicyclic) bond motifs is 1. The summed E-state index contributed by atoms with van der Waals surface area (Å²) in [7, 11) is 0. The van der Waals surface area contributed by atoms with Crippen molar-refractivity contribution in [3.8, 4) is 11.1 Å². The minimum Gasteiger partial charge on any atom is -0.390 e. The molecule has 0 bridgehead atoms. The molecular weight excluding hydrogens is 478 g/mol. The van der Waals surface area contributed by atoms with Gasteiger partial charge in [-0.15, -0.1) is 0 Å². The highest BCUT2D eigenvalue weighted by molar-refractivity contribution is 7.22. The number of nitrogens with one attached hydrogen (secondary N) is 1. The molecule has 6 rings (SSSR count). The van der Waals surface area contributed by atoms with E-state index in [-0.39, 0.29) is 24.0 Å². The second kappa shape index (κ2) is 10.5. The summed E-state index contributed by atoms with van der Waals surface area (Å²) in [6, 6.07) is 6.36. The maximum absolute atomic E-state index is 12.7. The molecule has 3 aliphatic rings. The summed E-state index contributed by atoms with van der Waals surface area (Å²) >= 11 is 1.48. The molecule has 2 aliphatic carbocycles. The van der Waals surface area contributed by atoms with E-state index in [1.165, 1.54) is 11.3 Å². The number of rotatable bonds is 7.